The number of rotatable bonds is 6. The van der Waals surface area contributed by atoms with Gasteiger partial charge in [-0.2, -0.15) is 0 Å². The second kappa shape index (κ2) is 10.5. The van der Waals surface area contributed by atoms with Crippen molar-refractivity contribution in [2.45, 2.75) is 74.3 Å². The number of nitrogens with two attached hydrogens (primary N) is 1. The van der Waals surface area contributed by atoms with E-state index < -0.39 is 36.1 Å². The summed E-state index contributed by atoms with van der Waals surface area (Å²) in [6.45, 7) is 7.86. The fourth-order valence-electron chi connectivity index (χ4n) is 9.48. The zero-order valence-corrected chi connectivity index (χ0v) is 25.7. The molecule has 1 saturated heterocycles. The molecule has 4 fully saturated rings. The summed E-state index contributed by atoms with van der Waals surface area (Å²) in [5.41, 5.74) is 8.82. The zero-order chi connectivity index (χ0) is 30.1. The van der Waals surface area contributed by atoms with Crippen molar-refractivity contribution < 1.29 is 24.5 Å². The maximum Gasteiger partial charge on any atom is 0.193 e. The molecule has 7 heteroatoms. The molecule has 4 aliphatic carbocycles. The molecule has 0 unspecified atom stereocenters. The van der Waals surface area contributed by atoms with Gasteiger partial charge < -0.3 is 25.4 Å². The predicted octanol–water partition coefficient (Wildman–Crippen LogP) is 6.15. The van der Waals surface area contributed by atoms with Crippen molar-refractivity contribution in [3.8, 4) is 0 Å². The van der Waals surface area contributed by atoms with Gasteiger partial charge in [0.25, 0.3) is 0 Å². The maximum absolute atomic E-state index is 13.8. The molecule has 1 aliphatic heterocycles. The van der Waals surface area contributed by atoms with Gasteiger partial charge in [0.05, 0.1) is 12.2 Å². The summed E-state index contributed by atoms with van der Waals surface area (Å²) in [5, 5.41) is 22.1. The van der Waals surface area contributed by atoms with Crippen LogP contribution in [0.15, 0.2) is 89.4 Å². The second-order valence-electron chi connectivity index (χ2n) is 13.6. The Morgan fingerprint density at radius 1 is 1.19 bits per heavy atom. The van der Waals surface area contributed by atoms with E-state index in [-0.39, 0.29) is 29.0 Å². The first kappa shape index (κ1) is 29.1. The van der Waals surface area contributed by atoms with Crippen molar-refractivity contribution in [3.05, 3.63) is 95.6 Å². The third kappa shape index (κ3) is 4.34. The number of benzene rings is 2. The van der Waals surface area contributed by atoms with E-state index in [2.05, 4.69) is 44.7 Å². The molecule has 0 aromatic heterocycles. The molecular formula is C36H41NO5S. The van der Waals surface area contributed by atoms with Gasteiger partial charge in [0.2, 0.25) is 0 Å². The van der Waals surface area contributed by atoms with Crippen LogP contribution in [0.25, 0.3) is 0 Å². The van der Waals surface area contributed by atoms with Crippen molar-refractivity contribution in [3.63, 3.8) is 0 Å². The van der Waals surface area contributed by atoms with Gasteiger partial charge in [-0.1, -0.05) is 68.5 Å². The Labute approximate surface area is 258 Å². The van der Waals surface area contributed by atoms with Gasteiger partial charge in [-0.15, -0.1) is 11.8 Å². The lowest BCUT2D eigenvalue weighted by Crippen LogP contribution is -2.63. The van der Waals surface area contributed by atoms with Gasteiger partial charge in [-0.05, 0) is 72.9 Å². The summed E-state index contributed by atoms with van der Waals surface area (Å²) in [7, 11) is 0. The molecule has 2 aromatic carbocycles. The van der Waals surface area contributed by atoms with Gasteiger partial charge >= 0.3 is 0 Å². The van der Waals surface area contributed by atoms with Crippen LogP contribution >= 0.6 is 11.8 Å². The van der Waals surface area contributed by atoms with Gasteiger partial charge in [0.15, 0.2) is 17.7 Å². The monoisotopic (exact) mass is 599 g/mol. The van der Waals surface area contributed by atoms with Gasteiger partial charge in [-0.3, -0.25) is 4.79 Å². The highest BCUT2D eigenvalue weighted by molar-refractivity contribution is 7.98. The lowest BCUT2D eigenvalue weighted by Gasteiger charge is -2.59. The number of Topliss-reactive ketones (excluding diaryl/α,β-unsaturated/α-hetero) is 1. The van der Waals surface area contributed by atoms with Gasteiger partial charge in [0, 0.05) is 38.6 Å². The topological polar surface area (TPSA) is 102 Å². The Kier molecular flexibility index (Phi) is 7.06. The quantitative estimate of drug-likeness (QED) is 0.270. The predicted molar refractivity (Wildman–Crippen MR) is 168 cm³/mol. The number of carbonyl (C=O) groups is 1. The highest BCUT2D eigenvalue weighted by Gasteiger charge is 2.75. The molecule has 7 rings (SSSR count). The maximum atomic E-state index is 13.8. The van der Waals surface area contributed by atoms with Crippen LogP contribution in [0.3, 0.4) is 0 Å². The third-order valence-electron chi connectivity index (χ3n) is 11.4. The Bertz CT molecular complexity index is 1520. The Morgan fingerprint density at radius 2 is 1.98 bits per heavy atom. The summed E-state index contributed by atoms with van der Waals surface area (Å²) >= 11 is 1.72. The van der Waals surface area contributed by atoms with Crippen molar-refractivity contribution in [2.24, 2.45) is 28.6 Å². The first-order chi connectivity index (χ1) is 20.6. The molecule has 9 atom stereocenters. The van der Waals surface area contributed by atoms with E-state index in [9.17, 15) is 15.0 Å². The molecule has 2 aromatic rings. The van der Waals surface area contributed by atoms with Crippen molar-refractivity contribution in [1.82, 2.24) is 0 Å². The molecule has 3 saturated carbocycles. The van der Waals surface area contributed by atoms with Crippen LogP contribution in [0.4, 0.5) is 5.69 Å². The lowest BCUT2D eigenvalue weighted by atomic mass is 9.46. The summed E-state index contributed by atoms with van der Waals surface area (Å²) in [5.74, 6) is 0.847. The number of nitrogen functional groups attached to an aromatic ring is 1. The molecule has 0 bridgehead atoms. The first-order valence-electron chi connectivity index (χ1n) is 15.4. The molecule has 4 N–H and O–H groups in total. The van der Waals surface area contributed by atoms with Crippen LogP contribution in [-0.4, -0.2) is 40.4 Å². The van der Waals surface area contributed by atoms with Gasteiger partial charge in [-0.25, -0.2) is 0 Å². The molecular weight excluding hydrogens is 558 g/mol. The molecule has 0 radical (unpaired) electrons. The average molecular weight is 600 g/mol. The number of fused-ring (bicyclic) bond motifs is 7. The summed E-state index contributed by atoms with van der Waals surface area (Å²) in [6, 6.07) is 16.0. The minimum atomic E-state index is -1.31. The van der Waals surface area contributed by atoms with Crippen molar-refractivity contribution in [1.29, 1.82) is 0 Å². The Morgan fingerprint density at radius 3 is 2.72 bits per heavy atom. The molecule has 6 nitrogen and oxygen atoms in total. The molecule has 43 heavy (non-hydrogen) atoms. The van der Waals surface area contributed by atoms with E-state index in [0.29, 0.717) is 12.8 Å². The molecule has 226 valence electrons. The highest BCUT2D eigenvalue weighted by Crippen LogP contribution is 2.70. The number of allylic oxidation sites excluding steroid dienone is 5. The number of hydrogen-bond donors (Lipinski definition) is 3. The van der Waals surface area contributed by atoms with Crippen LogP contribution in [0, 0.1) is 28.6 Å². The van der Waals surface area contributed by atoms with Crippen LogP contribution in [-0.2, 0) is 20.0 Å². The highest BCUT2D eigenvalue weighted by atomic mass is 32.2. The number of hydrogen-bond acceptors (Lipinski definition) is 7. The molecule has 5 aliphatic rings. The number of anilines is 1. The number of aliphatic hydroxyl groups is 2. The van der Waals surface area contributed by atoms with Gasteiger partial charge in [0.1, 0.15) is 6.61 Å². The standard InChI is InChI=1S/C36H41NO5S/c1-21-13-14-34(2)24(15-21)9-12-27-28-17-31-36(30(40)19-38,35(28,3)18-29(39)32(27)34)42-33(41-31)23-7-10-26(11-8-23)43-20-22-5-4-6-25(37)16-22/h4-8,10-11,13-16,27-29,31-33,38-39H,1,9,12,17-20,37H2,2-3H3/t27-,28-,29-,31+,32+,33+,34-,35-,36+/m0/s1. The Balaban J connectivity index is 1.14. The summed E-state index contributed by atoms with van der Waals surface area (Å²) in [6.07, 6.45) is 7.67. The fraction of sp³-hybridized carbons (Fsp3) is 0.472. The molecule has 1 heterocycles. The van der Waals surface area contributed by atoms with Crippen molar-refractivity contribution in [2.75, 3.05) is 12.3 Å². The fourth-order valence-corrected chi connectivity index (χ4v) is 10.3. The van der Waals surface area contributed by atoms with E-state index in [1.807, 2.05) is 42.5 Å². The number of carbonyl (C=O) groups excluding carboxylic acids is 1. The number of ketones is 1. The second-order valence-corrected chi connectivity index (χ2v) is 14.7. The van der Waals surface area contributed by atoms with Crippen molar-refractivity contribution >= 4 is 23.2 Å². The zero-order valence-electron chi connectivity index (χ0n) is 24.9. The van der Waals surface area contributed by atoms with Crippen LogP contribution in [0.5, 0.6) is 0 Å². The van der Waals surface area contributed by atoms with E-state index in [1.165, 1.54) is 5.57 Å². The minimum absolute atomic E-state index is 0.0446. The normalized spacial score (nSPS) is 39.4. The third-order valence-corrected chi connectivity index (χ3v) is 12.5. The lowest BCUT2D eigenvalue weighted by molar-refractivity contribution is -0.201. The van der Waals surface area contributed by atoms with Crippen LogP contribution < -0.4 is 5.73 Å². The largest absolute Gasteiger partial charge is 0.399 e. The molecule has 0 spiro atoms. The molecule has 0 amide bonds. The minimum Gasteiger partial charge on any atom is -0.399 e. The summed E-state index contributed by atoms with van der Waals surface area (Å²) < 4.78 is 13.3. The SMILES string of the molecule is C=C1C=C[C@@]2(C)C(=C1)CC[C@@H]1[C@@H]2[C@@H](O)C[C@@]2(C)[C@H]1C[C@H]1O[C@@H](c3ccc(SCc4cccc(N)c4)cc3)O[C@]12C(=O)CO. The van der Waals surface area contributed by atoms with E-state index in [0.717, 1.165) is 45.9 Å². The average Bonchev–Trinajstić information content (AvgIpc) is 3.49. The summed E-state index contributed by atoms with van der Waals surface area (Å²) in [4.78, 5) is 14.9. The number of aliphatic hydroxyl groups excluding tert-OH is 2. The number of thioether (sulfide) groups is 1. The van der Waals surface area contributed by atoms with E-state index >= 15 is 0 Å². The van der Waals surface area contributed by atoms with Crippen LogP contribution in [0.2, 0.25) is 0 Å². The number of ether oxygens (including phenoxy) is 2. The smallest absolute Gasteiger partial charge is 0.193 e. The first-order valence-corrected chi connectivity index (χ1v) is 16.4. The van der Waals surface area contributed by atoms with Crippen LogP contribution in [0.1, 0.15) is 56.9 Å². The Hall–Kier alpha value is -2.68. The van der Waals surface area contributed by atoms with E-state index in [4.69, 9.17) is 15.2 Å². The van der Waals surface area contributed by atoms with E-state index in [1.54, 1.807) is 11.8 Å².